The van der Waals surface area contributed by atoms with Crippen LogP contribution in [0, 0.1) is 0 Å². The number of Topliss-reactive ketones (excluding diaryl/α,β-unsaturated/α-hetero) is 1. The van der Waals surface area contributed by atoms with Crippen LogP contribution in [0.15, 0.2) is 70.9 Å². The second-order valence-electron chi connectivity index (χ2n) is 6.47. The molecule has 0 fully saturated rings. The number of alkyl halides is 3. The number of hydrogen-bond donors (Lipinski definition) is 1. The predicted molar refractivity (Wildman–Crippen MR) is 96.7 cm³/mol. The average Bonchev–Trinajstić information content (AvgIpc) is 2.64. The summed E-state index contributed by atoms with van der Waals surface area (Å²) >= 11 is 0. The van der Waals surface area contributed by atoms with Crippen molar-refractivity contribution >= 4 is 12.0 Å². The summed E-state index contributed by atoms with van der Waals surface area (Å²) < 4.78 is 38.2. The number of allylic oxidation sites excluding steroid dienone is 2. The van der Waals surface area contributed by atoms with Gasteiger partial charge >= 0.3 is 6.18 Å². The summed E-state index contributed by atoms with van der Waals surface area (Å²) in [4.78, 5) is 16.4. The van der Waals surface area contributed by atoms with Crippen molar-refractivity contribution in [1.82, 2.24) is 0 Å². The zero-order valence-electron chi connectivity index (χ0n) is 14.4. The Hall–Kier alpha value is -2.89. The van der Waals surface area contributed by atoms with Gasteiger partial charge in [-0.25, -0.2) is 0 Å². The van der Waals surface area contributed by atoms with Crippen molar-refractivity contribution in [3.8, 4) is 0 Å². The summed E-state index contributed by atoms with van der Waals surface area (Å²) in [6.45, 7) is -0.00388. The monoisotopic (exact) mass is 373 g/mol. The molecule has 27 heavy (non-hydrogen) atoms. The van der Waals surface area contributed by atoms with Gasteiger partial charge in [-0.15, -0.1) is 0 Å². The Kier molecular flexibility index (Phi) is 5.44. The van der Waals surface area contributed by atoms with E-state index in [4.69, 9.17) is 0 Å². The fourth-order valence-corrected chi connectivity index (χ4v) is 3.11. The Labute approximate surface area is 154 Å². The van der Waals surface area contributed by atoms with Gasteiger partial charge in [0.05, 0.1) is 17.7 Å². The number of halogens is 3. The quantitative estimate of drug-likeness (QED) is 0.746. The first-order valence-corrected chi connectivity index (χ1v) is 8.51. The number of aliphatic hydroxyl groups excluding tert-OH is 1. The van der Waals surface area contributed by atoms with E-state index in [1.54, 1.807) is 0 Å². The zero-order chi connectivity index (χ0) is 19.4. The number of benzene rings is 2. The maximum absolute atomic E-state index is 12.7. The SMILES string of the molecule is O=C1CC(c2ccccc2)CC(O)=C1C=NCc1cccc(C(F)(F)F)c1. The van der Waals surface area contributed by atoms with Crippen molar-refractivity contribution < 1.29 is 23.1 Å². The summed E-state index contributed by atoms with van der Waals surface area (Å²) in [5.41, 5.74) is 0.759. The van der Waals surface area contributed by atoms with Crippen LogP contribution < -0.4 is 0 Å². The molecule has 3 nitrogen and oxygen atoms in total. The topological polar surface area (TPSA) is 49.7 Å². The first-order valence-electron chi connectivity index (χ1n) is 8.51. The lowest BCUT2D eigenvalue weighted by Crippen LogP contribution is -2.19. The van der Waals surface area contributed by atoms with Crippen LogP contribution in [0.3, 0.4) is 0 Å². The number of aliphatic hydroxyl groups is 1. The minimum absolute atomic E-state index is 0.00388. The molecule has 0 saturated heterocycles. The number of carbonyl (C=O) groups excluding carboxylic acids is 1. The van der Waals surface area contributed by atoms with E-state index >= 15 is 0 Å². The number of carbonyl (C=O) groups is 1. The van der Waals surface area contributed by atoms with Gasteiger partial charge in [-0.3, -0.25) is 9.79 Å². The number of aliphatic imine (C=N–C) groups is 1. The Morgan fingerprint density at radius 3 is 2.48 bits per heavy atom. The molecule has 1 atom stereocenters. The minimum atomic E-state index is -4.41. The van der Waals surface area contributed by atoms with Crippen LogP contribution in [-0.4, -0.2) is 17.1 Å². The number of ketones is 1. The molecule has 6 heteroatoms. The van der Waals surface area contributed by atoms with Crippen LogP contribution in [0.1, 0.15) is 35.4 Å². The summed E-state index contributed by atoms with van der Waals surface area (Å²) in [6, 6.07) is 14.4. The highest BCUT2D eigenvalue weighted by molar-refractivity contribution is 6.14. The Bertz CT molecular complexity index is 886. The molecule has 2 aromatic rings. The maximum atomic E-state index is 12.7. The van der Waals surface area contributed by atoms with E-state index < -0.39 is 11.7 Å². The summed E-state index contributed by atoms with van der Waals surface area (Å²) in [5.74, 6) is -0.340. The van der Waals surface area contributed by atoms with Gasteiger partial charge in [-0.1, -0.05) is 42.5 Å². The first kappa shape index (κ1) is 18.9. The number of nitrogens with zero attached hydrogens (tertiary/aromatic N) is 1. The maximum Gasteiger partial charge on any atom is 0.416 e. The normalized spacial score (nSPS) is 18.3. The fraction of sp³-hybridized carbons (Fsp3) is 0.238. The van der Waals surface area contributed by atoms with Crippen LogP contribution in [0.4, 0.5) is 13.2 Å². The lowest BCUT2D eigenvalue weighted by atomic mass is 9.83. The summed E-state index contributed by atoms with van der Waals surface area (Å²) in [6.07, 6.45) is -2.55. The molecule has 0 aromatic heterocycles. The van der Waals surface area contributed by atoms with E-state index in [9.17, 15) is 23.1 Å². The van der Waals surface area contributed by atoms with Crippen LogP contribution in [-0.2, 0) is 17.5 Å². The number of hydrogen-bond acceptors (Lipinski definition) is 3. The summed E-state index contributed by atoms with van der Waals surface area (Å²) in [7, 11) is 0. The molecule has 0 aliphatic heterocycles. The van der Waals surface area contributed by atoms with Crippen molar-refractivity contribution in [1.29, 1.82) is 0 Å². The van der Waals surface area contributed by atoms with Crippen LogP contribution >= 0.6 is 0 Å². The predicted octanol–water partition coefficient (Wildman–Crippen LogP) is 5.24. The van der Waals surface area contributed by atoms with E-state index in [1.165, 1.54) is 18.3 Å². The van der Waals surface area contributed by atoms with E-state index in [0.717, 1.165) is 17.7 Å². The van der Waals surface area contributed by atoms with E-state index in [1.807, 2.05) is 30.3 Å². The van der Waals surface area contributed by atoms with Crippen molar-refractivity contribution in [2.24, 2.45) is 4.99 Å². The molecule has 2 aromatic carbocycles. The second kappa shape index (κ2) is 7.78. The Morgan fingerprint density at radius 2 is 1.81 bits per heavy atom. The first-order chi connectivity index (χ1) is 12.8. The van der Waals surface area contributed by atoms with Crippen molar-refractivity contribution in [3.63, 3.8) is 0 Å². The van der Waals surface area contributed by atoms with E-state index in [-0.39, 0.29) is 36.0 Å². The van der Waals surface area contributed by atoms with Gasteiger partial charge in [-0.2, -0.15) is 13.2 Å². The molecule has 1 aliphatic rings. The van der Waals surface area contributed by atoms with E-state index in [2.05, 4.69) is 4.99 Å². The molecule has 0 saturated carbocycles. The van der Waals surface area contributed by atoms with Gasteiger partial charge in [0.25, 0.3) is 0 Å². The third-order valence-corrected chi connectivity index (χ3v) is 4.50. The van der Waals surface area contributed by atoms with Gasteiger partial charge in [-0.05, 0) is 29.2 Å². The summed E-state index contributed by atoms with van der Waals surface area (Å²) in [5, 5.41) is 10.2. The lowest BCUT2D eigenvalue weighted by Gasteiger charge is -2.22. The van der Waals surface area contributed by atoms with E-state index in [0.29, 0.717) is 12.0 Å². The molecule has 1 N–H and O–H groups in total. The molecule has 1 aliphatic carbocycles. The average molecular weight is 373 g/mol. The van der Waals surface area contributed by atoms with Gasteiger partial charge in [0, 0.05) is 19.1 Å². The molecule has 0 bridgehead atoms. The molecule has 1 unspecified atom stereocenters. The zero-order valence-corrected chi connectivity index (χ0v) is 14.4. The highest BCUT2D eigenvalue weighted by atomic mass is 19.4. The fourth-order valence-electron chi connectivity index (χ4n) is 3.11. The smallest absolute Gasteiger partial charge is 0.416 e. The van der Waals surface area contributed by atoms with Gasteiger partial charge in [0.2, 0.25) is 0 Å². The van der Waals surface area contributed by atoms with Crippen molar-refractivity contribution in [2.75, 3.05) is 0 Å². The third kappa shape index (κ3) is 4.64. The molecular weight excluding hydrogens is 355 g/mol. The van der Waals surface area contributed by atoms with Crippen molar-refractivity contribution in [3.05, 3.63) is 82.6 Å². The van der Waals surface area contributed by atoms with Crippen LogP contribution in [0.5, 0.6) is 0 Å². The molecule has 0 heterocycles. The molecule has 140 valence electrons. The largest absolute Gasteiger partial charge is 0.511 e. The molecule has 0 spiro atoms. The Balaban J connectivity index is 1.71. The Morgan fingerprint density at radius 1 is 1.07 bits per heavy atom. The van der Waals surface area contributed by atoms with Crippen molar-refractivity contribution in [2.45, 2.75) is 31.5 Å². The second-order valence-corrected chi connectivity index (χ2v) is 6.47. The highest BCUT2D eigenvalue weighted by Gasteiger charge is 2.30. The van der Waals surface area contributed by atoms with Gasteiger partial charge < -0.3 is 5.11 Å². The molecule has 0 radical (unpaired) electrons. The molecule has 3 rings (SSSR count). The van der Waals surface area contributed by atoms with Gasteiger partial charge in [0.15, 0.2) is 5.78 Å². The lowest BCUT2D eigenvalue weighted by molar-refractivity contribution is -0.137. The number of rotatable bonds is 4. The highest BCUT2D eigenvalue weighted by Crippen LogP contribution is 2.33. The molecular formula is C21H18F3NO2. The van der Waals surface area contributed by atoms with Gasteiger partial charge in [0.1, 0.15) is 5.76 Å². The standard InChI is InChI=1S/C21H18F3NO2/c22-21(23,24)17-8-4-5-14(9-17)12-25-13-18-19(26)10-16(11-20(18)27)15-6-2-1-3-7-15/h1-9,13,16,26H,10-12H2. The van der Waals surface area contributed by atoms with Crippen LogP contribution in [0.25, 0.3) is 0 Å². The minimum Gasteiger partial charge on any atom is -0.511 e. The van der Waals surface area contributed by atoms with Crippen LogP contribution in [0.2, 0.25) is 0 Å². The third-order valence-electron chi connectivity index (χ3n) is 4.50. The molecule has 0 amide bonds.